The standard InChI is InChI=1S/C64H43NO/c1-63(2)57-38-43(40-15-4-3-5-16-40)29-34-48(57)49-35-33-45(39-58(49)63)65(44-31-27-41(28-32-44)42-30-36-61-52(37-42)50-19-9-13-26-60(50)66-61)59-25-14-24-56-62(59)51-20-8-12-23-55(51)64(56)53-21-10-6-17-46(53)47-18-7-11-22-54(47)64/h3-39H,1-2H3. The summed E-state index contributed by atoms with van der Waals surface area (Å²) in [4.78, 5) is 2.52. The van der Waals surface area contributed by atoms with Gasteiger partial charge >= 0.3 is 0 Å². The van der Waals surface area contributed by atoms with Crippen LogP contribution < -0.4 is 4.90 Å². The van der Waals surface area contributed by atoms with Gasteiger partial charge in [-0.2, -0.15) is 0 Å². The van der Waals surface area contributed by atoms with Crippen molar-refractivity contribution in [3.05, 3.63) is 258 Å². The van der Waals surface area contributed by atoms with E-state index in [1.807, 2.05) is 12.1 Å². The van der Waals surface area contributed by atoms with E-state index in [2.05, 4.69) is 231 Å². The van der Waals surface area contributed by atoms with E-state index in [4.69, 9.17) is 4.42 Å². The summed E-state index contributed by atoms with van der Waals surface area (Å²) in [6, 6.07) is 83.3. The van der Waals surface area contributed by atoms with Crippen LogP contribution in [0.25, 0.3) is 77.6 Å². The zero-order chi connectivity index (χ0) is 43.7. The summed E-state index contributed by atoms with van der Waals surface area (Å²) < 4.78 is 6.21. The Bertz CT molecular complexity index is 3750. The molecule has 3 aliphatic carbocycles. The van der Waals surface area contributed by atoms with Crippen LogP contribution in [0.2, 0.25) is 0 Å². The molecule has 0 N–H and O–H groups in total. The number of furan rings is 1. The van der Waals surface area contributed by atoms with Crippen LogP contribution >= 0.6 is 0 Å². The Morgan fingerprint density at radius 2 is 0.848 bits per heavy atom. The van der Waals surface area contributed by atoms with Crippen LogP contribution in [0.4, 0.5) is 17.1 Å². The van der Waals surface area contributed by atoms with Gasteiger partial charge in [-0.05, 0) is 138 Å². The Kier molecular flexibility index (Phi) is 7.70. The largest absolute Gasteiger partial charge is 0.456 e. The van der Waals surface area contributed by atoms with Crippen molar-refractivity contribution >= 4 is 39.0 Å². The summed E-state index contributed by atoms with van der Waals surface area (Å²) in [6.07, 6.45) is 0. The van der Waals surface area contributed by atoms with Crippen LogP contribution in [0.3, 0.4) is 0 Å². The van der Waals surface area contributed by atoms with Gasteiger partial charge in [0.25, 0.3) is 0 Å². The van der Waals surface area contributed by atoms with Gasteiger partial charge in [0, 0.05) is 33.1 Å². The molecule has 0 saturated carbocycles. The van der Waals surface area contributed by atoms with Crippen LogP contribution in [-0.2, 0) is 10.8 Å². The van der Waals surface area contributed by atoms with Crippen molar-refractivity contribution in [3.8, 4) is 55.6 Å². The van der Waals surface area contributed by atoms with Crippen molar-refractivity contribution in [3.63, 3.8) is 0 Å². The molecule has 2 heteroatoms. The van der Waals surface area contributed by atoms with E-state index >= 15 is 0 Å². The second kappa shape index (κ2) is 13.7. The highest BCUT2D eigenvalue weighted by molar-refractivity contribution is 6.06. The molecule has 0 aliphatic heterocycles. The van der Waals surface area contributed by atoms with Gasteiger partial charge in [-0.1, -0.05) is 184 Å². The molecule has 0 amide bonds. The van der Waals surface area contributed by atoms with Gasteiger partial charge in [-0.15, -0.1) is 0 Å². The van der Waals surface area contributed by atoms with Gasteiger partial charge in [-0.25, -0.2) is 0 Å². The third-order valence-corrected chi connectivity index (χ3v) is 15.1. The Hall–Kier alpha value is -8.20. The number of hydrogen-bond donors (Lipinski definition) is 0. The third kappa shape index (κ3) is 5.01. The van der Waals surface area contributed by atoms with Gasteiger partial charge in [-0.3, -0.25) is 0 Å². The summed E-state index contributed by atoms with van der Waals surface area (Å²) in [5.41, 5.74) is 25.2. The summed E-state index contributed by atoms with van der Waals surface area (Å²) in [5, 5.41) is 2.27. The second-order valence-electron chi connectivity index (χ2n) is 18.8. The summed E-state index contributed by atoms with van der Waals surface area (Å²) >= 11 is 0. The van der Waals surface area contributed by atoms with Crippen LogP contribution in [-0.4, -0.2) is 0 Å². The predicted octanol–water partition coefficient (Wildman–Crippen LogP) is 17.0. The Labute approximate surface area is 384 Å². The molecule has 310 valence electrons. The number of nitrogens with zero attached hydrogens (tertiary/aromatic N) is 1. The smallest absolute Gasteiger partial charge is 0.135 e. The molecule has 1 aromatic heterocycles. The SMILES string of the molecule is CC1(C)c2cc(-c3ccccc3)ccc2-c2ccc(N(c3ccc(-c4ccc5oc6ccccc6c5c4)cc3)c3cccc4c3-c3ccccc3C43c4ccccc4-c4ccccc43)cc21. The monoisotopic (exact) mass is 841 g/mol. The molecule has 0 saturated heterocycles. The molecule has 1 spiro atoms. The minimum Gasteiger partial charge on any atom is -0.456 e. The maximum absolute atomic E-state index is 6.21. The lowest BCUT2D eigenvalue weighted by Gasteiger charge is -2.32. The maximum Gasteiger partial charge on any atom is 0.135 e. The molecule has 0 unspecified atom stereocenters. The number of rotatable bonds is 5. The zero-order valence-electron chi connectivity index (χ0n) is 36.7. The average Bonchev–Trinajstić information content (AvgIpc) is 4.06. The average molecular weight is 842 g/mol. The summed E-state index contributed by atoms with van der Waals surface area (Å²) in [7, 11) is 0. The molecule has 0 bridgehead atoms. The summed E-state index contributed by atoms with van der Waals surface area (Å²) in [5.74, 6) is 0. The molecule has 10 aromatic carbocycles. The number of anilines is 3. The molecule has 0 radical (unpaired) electrons. The third-order valence-electron chi connectivity index (χ3n) is 15.1. The minimum absolute atomic E-state index is 0.219. The van der Waals surface area contributed by atoms with Gasteiger partial charge in [0.05, 0.1) is 11.1 Å². The Morgan fingerprint density at radius 3 is 1.61 bits per heavy atom. The first kappa shape index (κ1) is 37.2. The van der Waals surface area contributed by atoms with Gasteiger partial charge in [0.1, 0.15) is 11.2 Å². The highest BCUT2D eigenvalue weighted by Gasteiger charge is 2.52. The number of hydrogen-bond acceptors (Lipinski definition) is 2. The lowest BCUT2D eigenvalue weighted by molar-refractivity contribution is 0.660. The number of fused-ring (bicyclic) bond motifs is 16. The van der Waals surface area contributed by atoms with Crippen molar-refractivity contribution < 1.29 is 4.42 Å². The van der Waals surface area contributed by atoms with Crippen LogP contribution in [0.15, 0.2) is 229 Å². The van der Waals surface area contributed by atoms with Crippen molar-refractivity contribution in [1.82, 2.24) is 0 Å². The molecule has 0 fully saturated rings. The van der Waals surface area contributed by atoms with Crippen molar-refractivity contribution in [1.29, 1.82) is 0 Å². The lowest BCUT2D eigenvalue weighted by Crippen LogP contribution is -2.26. The molecular formula is C64H43NO. The quantitative estimate of drug-likeness (QED) is 0.172. The first-order valence-electron chi connectivity index (χ1n) is 23.1. The molecule has 3 aliphatic rings. The predicted molar refractivity (Wildman–Crippen MR) is 273 cm³/mol. The van der Waals surface area contributed by atoms with E-state index in [1.165, 1.54) is 77.9 Å². The van der Waals surface area contributed by atoms with Crippen molar-refractivity contribution in [2.45, 2.75) is 24.7 Å². The minimum atomic E-state index is -0.446. The molecule has 14 rings (SSSR count). The maximum atomic E-state index is 6.21. The fourth-order valence-corrected chi connectivity index (χ4v) is 12.1. The number of para-hydroxylation sites is 1. The molecule has 0 atom stereocenters. The first-order chi connectivity index (χ1) is 32.5. The van der Waals surface area contributed by atoms with Crippen molar-refractivity contribution in [2.75, 3.05) is 4.90 Å². The number of benzene rings is 10. The van der Waals surface area contributed by atoms with E-state index in [9.17, 15) is 0 Å². The highest BCUT2D eigenvalue weighted by Crippen LogP contribution is 2.65. The van der Waals surface area contributed by atoms with E-state index in [-0.39, 0.29) is 5.41 Å². The molecular weight excluding hydrogens is 799 g/mol. The van der Waals surface area contributed by atoms with E-state index < -0.39 is 5.41 Å². The van der Waals surface area contributed by atoms with Gasteiger partial charge < -0.3 is 9.32 Å². The Balaban J connectivity index is 0.975. The molecule has 66 heavy (non-hydrogen) atoms. The van der Waals surface area contributed by atoms with Crippen LogP contribution in [0.1, 0.15) is 47.2 Å². The fraction of sp³-hybridized carbons (Fsp3) is 0.0625. The second-order valence-corrected chi connectivity index (χ2v) is 18.8. The van der Waals surface area contributed by atoms with Crippen molar-refractivity contribution in [2.24, 2.45) is 0 Å². The first-order valence-corrected chi connectivity index (χ1v) is 23.1. The topological polar surface area (TPSA) is 16.4 Å². The van der Waals surface area contributed by atoms with Crippen LogP contribution in [0, 0.1) is 0 Å². The lowest BCUT2D eigenvalue weighted by atomic mass is 9.70. The summed E-state index contributed by atoms with van der Waals surface area (Å²) in [6.45, 7) is 4.79. The van der Waals surface area contributed by atoms with E-state index in [0.29, 0.717) is 0 Å². The highest BCUT2D eigenvalue weighted by atomic mass is 16.3. The van der Waals surface area contributed by atoms with Crippen LogP contribution in [0.5, 0.6) is 0 Å². The zero-order valence-corrected chi connectivity index (χ0v) is 36.7. The van der Waals surface area contributed by atoms with E-state index in [1.54, 1.807) is 0 Å². The normalized spacial score (nSPS) is 14.2. The van der Waals surface area contributed by atoms with E-state index in [0.717, 1.165) is 50.1 Å². The van der Waals surface area contributed by atoms with Gasteiger partial charge in [0.2, 0.25) is 0 Å². The molecule has 2 nitrogen and oxygen atoms in total. The Morgan fingerprint density at radius 1 is 0.333 bits per heavy atom. The fourth-order valence-electron chi connectivity index (χ4n) is 12.1. The molecule has 11 aromatic rings. The van der Waals surface area contributed by atoms with Gasteiger partial charge in [0.15, 0.2) is 0 Å². The molecule has 1 heterocycles.